The van der Waals surface area contributed by atoms with E-state index in [0.29, 0.717) is 23.9 Å². The lowest BCUT2D eigenvalue weighted by Gasteiger charge is -2.17. The summed E-state index contributed by atoms with van der Waals surface area (Å²) in [6.07, 6.45) is 2.54. The van der Waals surface area contributed by atoms with Crippen molar-refractivity contribution in [2.75, 3.05) is 0 Å². The first kappa shape index (κ1) is 17.3. The summed E-state index contributed by atoms with van der Waals surface area (Å²) in [5, 5.41) is 24.5. The highest BCUT2D eigenvalue weighted by Crippen LogP contribution is 2.40. The second-order valence-corrected chi connectivity index (χ2v) is 7.34. The van der Waals surface area contributed by atoms with Gasteiger partial charge in [0.1, 0.15) is 6.04 Å². The van der Waals surface area contributed by atoms with E-state index in [4.69, 9.17) is 5.26 Å². The molecule has 2 aliphatic rings. The fraction of sp³-hybridized carbons (Fsp3) is 0.318. The van der Waals surface area contributed by atoms with Crippen molar-refractivity contribution in [3.63, 3.8) is 0 Å². The average Bonchev–Trinajstić information content (AvgIpc) is 3.33. The molecule has 0 unspecified atom stereocenters. The molecule has 5 nitrogen and oxygen atoms in total. The quantitative estimate of drug-likeness (QED) is 0.862. The van der Waals surface area contributed by atoms with Crippen LogP contribution < -0.4 is 10.6 Å². The molecule has 0 spiro atoms. The molecule has 4 rings (SSSR count). The lowest BCUT2D eigenvalue weighted by Crippen LogP contribution is -2.46. The van der Waals surface area contributed by atoms with Crippen LogP contribution in [-0.4, -0.2) is 24.0 Å². The lowest BCUT2D eigenvalue weighted by atomic mass is 10.00. The van der Waals surface area contributed by atoms with Crippen molar-refractivity contribution < 1.29 is 4.79 Å². The van der Waals surface area contributed by atoms with Gasteiger partial charge in [-0.05, 0) is 47.6 Å². The molecule has 0 radical (unpaired) electrons. The highest BCUT2D eigenvalue weighted by molar-refractivity contribution is 5.83. The first-order valence-electron chi connectivity index (χ1n) is 9.22. The highest BCUT2D eigenvalue weighted by Gasteiger charge is 2.47. The maximum absolute atomic E-state index is 12.3. The number of nitriles is 2. The van der Waals surface area contributed by atoms with Crippen molar-refractivity contribution in [3.8, 4) is 23.3 Å². The van der Waals surface area contributed by atoms with Crippen LogP contribution in [0.2, 0.25) is 0 Å². The smallest absolute Gasteiger partial charge is 0.238 e. The molecule has 1 aliphatic carbocycles. The summed E-state index contributed by atoms with van der Waals surface area (Å²) in [6, 6.07) is 19.5. The van der Waals surface area contributed by atoms with Gasteiger partial charge in [0.2, 0.25) is 5.91 Å². The normalized spacial score (nSPS) is 23.6. The fourth-order valence-electron chi connectivity index (χ4n) is 3.73. The van der Waals surface area contributed by atoms with Gasteiger partial charge in [-0.2, -0.15) is 10.5 Å². The molecule has 0 aromatic heterocycles. The highest BCUT2D eigenvalue weighted by atomic mass is 16.2. The monoisotopic (exact) mass is 356 g/mol. The minimum atomic E-state index is -0.531. The van der Waals surface area contributed by atoms with Crippen LogP contribution in [0, 0.1) is 28.6 Å². The van der Waals surface area contributed by atoms with Gasteiger partial charge in [0.05, 0.1) is 23.7 Å². The molecule has 27 heavy (non-hydrogen) atoms. The summed E-state index contributed by atoms with van der Waals surface area (Å²) in [4.78, 5) is 12.3. The van der Waals surface area contributed by atoms with Crippen LogP contribution in [0.1, 0.15) is 24.0 Å². The summed E-state index contributed by atoms with van der Waals surface area (Å²) in [5.74, 6) is 0.582. The van der Waals surface area contributed by atoms with Crippen molar-refractivity contribution in [3.05, 3.63) is 59.7 Å². The second kappa shape index (κ2) is 7.23. The molecule has 2 N–H and O–H groups in total. The number of rotatable bonds is 5. The average molecular weight is 356 g/mol. The number of fused-ring (bicyclic) bond motifs is 1. The van der Waals surface area contributed by atoms with Gasteiger partial charge in [0, 0.05) is 12.5 Å². The van der Waals surface area contributed by atoms with Gasteiger partial charge in [-0.1, -0.05) is 36.4 Å². The van der Waals surface area contributed by atoms with E-state index in [9.17, 15) is 10.1 Å². The van der Waals surface area contributed by atoms with Gasteiger partial charge >= 0.3 is 0 Å². The summed E-state index contributed by atoms with van der Waals surface area (Å²) >= 11 is 0. The summed E-state index contributed by atoms with van der Waals surface area (Å²) in [7, 11) is 0. The Balaban J connectivity index is 1.37. The first-order valence-corrected chi connectivity index (χ1v) is 9.22. The molecule has 2 aromatic carbocycles. The molecule has 2 fully saturated rings. The number of hydrogen-bond acceptors (Lipinski definition) is 4. The predicted octanol–water partition coefficient (Wildman–Crippen LogP) is 2.53. The minimum Gasteiger partial charge on any atom is -0.339 e. The van der Waals surface area contributed by atoms with Crippen molar-refractivity contribution in [1.29, 1.82) is 10.5 Å². The Morgan fingerprint density at radius 2 is 1.74 bits per heavy atom. The number of nitrogens with one attached hydrogen (secondary N) is 2. The summed E-state index contributed by atoms with van der Waals surface area (Å²) in [5.41, 5.74) is 3.73. The molecule has 2 aromatic rings. The van der Waals surface area contributed by atoms with Crippen LogP contribution in [0.15, 0.2) is 48.5 Å². The number of carbonyl (C=O) groups is 1. The van der Waals surface area contributed by atoms with E-state index in [1.807, 2.05) is 36.4 Å². The molecule has 134 valence electrons. The van der Waals surface area contributed by atoms with Crippen LogP contribution in [0.5, 0.6) is 0 Å². The van der Waals surface area contributed by atoms with E-state index in [1.165, 1.54) is 6.42 Å². The Morgan fingerprint density at radius 3 is 2.30 bits per heavy atom. The lowest BCUT2D eigenvalue weighted by molar-refractivity contribution is -0.123. The predicted molar refractivity (Wildman–Crippen MR) is 101 cm³/mol. The van der Waals surface area contributed by atoms with Crippen molar-refractivity contribution in [2.45, 2.75) is 37.4 Å². The topological polar surface area (TPSA) is 88.7 Å². The maximum Gasteiger partial charge on any atom is 0.238 e. The van der Waals surface area contributed by atoms with E-state index >= 15 is 0 Å². The molecular weight excluding hydrogens is 336 g/mol. The van der Waals surface area contributed by atoms with Crippen molar-refractivity contribution in [2.24, 2.45) is 5.92 Å². The zero-order chi connectivity index (χ0) is 18.8. The minimum absolute atomic E-state index is 0.0667. The third kappa shape index (κ3) is 3.84. The number of amides is 1. The summed E-state index contributed by atoms with van der Waals surface area (Å²) < 4.78 is 0. The van der Waals surface area contributed by atoms with Crippen molar-refractivity contribution in [1.82, 2.24) is 10.6 Å². The zero-order valence-electron chi connectivity index (χ0n) is 14.9. The Bertz CT molecular complexity index is 911. The molecule has 1 aliphatic heterocycles. The molecule has 1 saturated carbocycles. The zero-order valence-corrected chi connectivity index (χ0v) is 14.9. The van der Waals surface area contributed by atoms with Gasteiger partial charge in [0.15, 0.2) is 0 Å². The van der Waals surface area contributed by atoms with E-state index in [0.717, 1.165) is 23.1 Å². The molecule has 0 bridgehead atoms. The van der Waals surface area contributed by atoms with Crippen LogP contribution in [0.25, 0.3) is 11.1 Å². The number of nitrogens with zero attached hydrogens (tertiary/aromatic N) is 2. The van der Waals surface area contributed by atoms with E-state index in [-0.39, 0.29) is 11.9 Å². The molecule has 1 heterocycles. The standard InChI is InChI=1S/C22H20N4O/c23-12-15-3-7-17(8-4-15)16-5-1-14(2-6-16)9-19(13-24)25-22(27)21-11-18-10-20(18)26-21/h1-8,18-21,26H,9-11H2,(H,25,27)/t18-,19-,20-,21-/m0/s1. The molecular formula is C22H20N4O. The Kier molecular flexibility index (Phi) is 4.62. The van der Waals surface area contributed by atoms with Gasteiger partial charge in [-0.25, -0.2) is 0 Å². The molecule has 5 heteroatoms. The van der Waals surface area contributed by atoms with Gasteiger partial charge in [-0.15, -0.1) is 0 Å². The Hall–Kier alpha value is -3.15. The van der Waals surface area contributed by atoms with Crippen LogP contribution in [0.4, 0.5) is 0 Å². The first-order chi connectivity index (χ1) is 13.2. The molecule has 1 amide bonds. The Morgan fingerprint density at radius 1 is 1.07 bits per heavy atom. The van der Waals surface area contributed by atoms with Gasteiger partial charge in [0.25, 0.3) is 0 Å². The number of piperidine rings is 1. The molecule has 1 saturated heterocycles. The number of benzene rings is 2. The van der Waals surface area contributed by atoms with E-state index in [1.54, 1.807) is 12.1 Å². The Labute approximate surface area is 158 Å². The van der Waals surface area contributed by atoms with Crippen LogP contribution in [0.3, 0.4) is 0 Å². The van der Waals surface area contributed by atoms with Crippen LogP contribution in [-0.2, 0) is 11.2 Å². The second-order valence-electron chi connectivity index (χ2n) is 7.34. The van der Waals surface area contributed by atoms with E-state index < -0.39 is 6.04 Å². The van der Waals surface area contributed by atoms with E-state index in [2.05, 4.69) is 22.8 Å². The summed E-state index contributed by atoms with van der Waals surface area (Å²) in [6.45, 7) is 0. The number of carbonyl (C=O) groups excluding carboxylic acids is 1. The largest absolute Gasteiger partial charge is 0.339 e. The number of hydrogen-bond donors (Lipinski definition) is 2. The van der Waals surface area contributed by atoms with Crippen LogP contribution >= 0.6 is 0 Å². The fourth-order valence-corrected chi connectivity index (χ4v) is 3.73. The van der Waals surface area contributed by atoms with Crippen molar-refractivity contribution >= 4 is 5.91 Å². The molecule has 4 atom stereocenters. The van der Waals surface area contributed by atoms with Gasteiger partial charge < -0.3 is 10.6 Å². The third-order valence-corrected chi connectivity index (χ3v) is 5.41. The maximum atomic E-state index is 12.3. The third-order valence-electron chi connectivity index (χ3n) is 5.41. The SMILES string of the molecule is N#Cc1ccc(-c2ccc(C[C@@H](C#N)NC(=O)[C@@H]3C[C@@H]4C[C@@H]4N3)cc2)cc1. The van der Waals surface area contributed by atoms with Gasteiger partial charge in [-0.3, -0.25) is 4.79 Å².